The van der Waals surface area contributed by atoms with Gasteiger partial charge in [0.25, 0.3) is 10.9 Å². The molecule has 0 fully saturated rings. The molecule has 1 heterocycles. The summed E-state index contributed by atoms with van der Waals surface area (Å²) in [7, 11) is 0. The minimum absolute atomic E-state index is 0.0554. The average molecular weight is 343 g/mol. The summed E-state index contributed by atoms with van der Waals surface area (Å²) >= 11 is 6.81. The number of thioether (sulfide) groups is 1. The summed E-state index contributed by atoms with van der Waals surface area (Å²) in [6.45, 7) is 2.31. The number of nitrogens with zero attached hydrogens (tertiary/aromatic N) is 2. The molecule has 0 amide bonds. The highest BCUT2D eigenvalue weighted by atomic mass is 35.5. The number of halogens is 1. The molecule has 0 saturated heterocycles. The Morgan fingerprint density at radius 3 is 2.73 bits per heavy atom. The fourth-order valence-corrected chi connectivity index (χ4v) is 3.34. The normalized spacial score (nSPS) is 12.3. The standard InChI is InChI=1S/C14H16ClN3O3S/c1-10-16-13(18(20)21)14(22-9-12(19)7-15)17(10)8-11-5-3-2-4-6-11/h2-6,12,19H,7-9H2,1H3/p+1. The molecule has 1 atom stereocenters. The molecule has 0 aliphatic heterocycles. The van der Waals surface area contributed by atoms with Gasteiger partial charge < -0.3 is 15.2 Å². The van der Waals surface area contributed by atoms with Gasteiger partial charge >= 0.3 is 5.82 Å². The van der Waals surface area contributed by atoms with Gasteiger partial charge in [0.2, 0.25) is 0 Å². The molecule has 118 valence electrons. The molecular formula is C14H17ClN3O3S+. The van der Waals surface area contributed by atoms with Crippen molar-refractivity contribution in [1.29, 1.82) is 0 Å². The van der Waals surface area contributed by atoms with E-state index in [1.165, 1.54) is 11.8 Å². The second-order valence-corrected chi connectivity index (χ2v) is 6.13. The fraction of sp³-hybridized carbons (Fsp3) is 0.357. The van der Waals surface area contributed by atoms with Crippen molar-refractivity contribution < 1.29 is 14.6 Å². The highest BCUT2D eigenvalue weighted by Crippen LogP contribution is 2.26. The van der Waals surface area contributed by atoms with Crippen molar-refractivity contribution >= 4 is 29.2 Å². The molecule has 6 nitrogen and oxygen atoms in total. The SMILES string of the molecule is Cc1[nH]c([N+](=O)[O-])c(SCC(O)CCl)[n+]1Cc1ccccc1. The van der Waals surface area contributed by atoms with Crippen LogP contribution in [0.15, 0.2) is 35.4 Å². The second kappa shape index (κ2) is 7.62. The average Bonchev–Trinajstić information content (AvgIpc) is 2.82. The maximum Gasteiger partial charge on any atom is 0.378 e. The molecule has 0 spiro atoms. The quantitative estimate of drug-likeness (QED) is 0.266. The predicted molar refractivity (Wildman–Crippen MR) is 85.4 cm³/mol. The van der Waals surface area contributed by atoms with Crippen molar-refractivity contribution in [2.75, 3.05) is 11.6 Å². The van der Waals surface area contributed by atoms with Gasteiger partial charge in [0.15, 0.2) is 0 Å². The largest absolute Gasteiger partial charge is 0.391 e. The number of aryl methyl sites for hydroxylation is 1. The minimum Gasteiger partial charge on any atom is -0.391 e. The minimum atomic E-state index is -0.702. The number of alkyl halides is 1. The molecule has 2 rings (SSSR count). The third-order valence-electron chi connectivity index (χ3n) is 3.11. The number of nitrogens with one attached hydrogen (secondary N) is 1. The summed E-state index contributed by atoms with van der Waals surface area (Å²) < 4.78 is 1.85. The zero-order chi connectivity index (χ0) is 16.1. The number of imidazole rings is 1. The number of rotatable bonds is 7. The Morgan fingerprint density at radius 1 is 1.45 bits per heavy atom. The molecule has 2 N–H and O–H groups in total. The molecule has 1 aromatic carbocycles. The molecule has 0 saturated carbocycles. The number of H-pyrrole nitrogens is 1. The van der Waals surface area contributed by atoms with Crippen LogP contribution in [0.2, 0.25) is 0 Å². The van der Waals surface area contributed by atoms with Crippen molar-refractivity contribution in [3.63, 3.8) is 0 Å². The molecule has 0 bridgehead atoms. The highest BCUT2D eigenvalue weighted by Gasteiger charge is 2.28. The number of aromatic nitrogens is 2. The lowest BCUT2D eigenvalue weighted by atomic mass is 10.2. The maximum absolute atomic E-state index is 11.2. The van der Waals surface area contributed by atoms with E-state index < -0.39 is 11.0 Å². The first-order valence-corrected chi connectivity index (χ1v) is 8.22. The lowest BCUT2D eigenvalue weighted by Gasteiger charge is -2.06. The summed E-state index contributed by atoms with van der Waals surface area (Å²) in [5.41, 5.74) is 1.05. The zero-order valence-corrected chi connectivity index (χ0v) is 13.6. The van der Waals surface area contributed by atoms with E-state index in [0.717, 1.165) is 5.56 Å². The number of aliphatic hydroxyl groups is 1. The van der Waals surface area contributed by atoms with Crippen LogP contribution in [0.5, 0.6) is 0 Å². The fourth-order valence-electron chi connectivity index (χ4n) is 2.02. The zero-order valence-electron chi connectivity index (χ0n) is 12.0. The summed E-state index contributed by atoms with van der Waals surface area (Å²) in [5, 5.41) is 21.3. The molecule has 1 unspecified atom stereocenters. The van der Waals surface area contributed by atoms with Crippen LogP contribution in [0.25, 0.3) is 0 Å². The molecule has 8 heteroatoms. The van der Waals surface area contributed by atoms with Gasteiger partial charge in [-0.05, 0) is 10.5 Å². The number of nitro groups is 1. The van der Waals surface area contributed by atoms with Gasteiger partial charge in [0.1, 0.15) is 6.54 Å². The Hall–Kier alpha value is -1.57. The van der Waals surface area contributed by atoms with E-state index in [1.54, 1.807) is 6.92 Å². The number of aliphatic hydroxyl groups excluding tert-OH is 1. The highest BCUT2D eigenvalue weighted by molar-refractivity contribution is 7.99. The van der Waals surface area contributed by atoms with Gasteiger partial charge in [-0.2, -0.15) is 0 Å². The van der Waals surface area contributed by atoms with E-state index >= 15 is 0 Å². The number of hydrogen-bond acceptors (Lipinski definition) is 4. The van der Waals surface area contributed by atoms with Gasteiger partial charge in [-0.15, -0.1) is 11.6 Å². The van der Waals surface area contributed by atoms with Gasteiger partial charge in [0, 0.05) is 18.6 Å². The molecular weight excluding hydrogens is 326 g/mol. The molecule has 22 heavy (non-hydrogen) atoms. The first-order chi connectivity index (χ1) is 10.5. The molecule has 0 aliphatic carbocycles. The van der Waals surface area contributed by atoms with E-state index in [4.69, 9.17) is 11.6 Å². The van der Waals surface area contributed by atoms with E-state index in [-0.39, 0.29) is 11.7 Å². The van der Waals surface area contributed by atoms with Crippen LogP contribution in [0.1, 0.15) is 11.4 Å². The van der Waals surface area contributed by atoms with Crippen molar-refractivity contribution in [2.45, 2.75) is 24.6 Å². The van der Waals surface area contributed by atoms with Gasteiger partial charge in [-0.3, -0.25) is 0 Å². The van der Waals surface area contributed by atoms with E-state index in [9.17, 15) is 15.2 Å². The van der Waals surface area contributed by atoms with Crippen LogP contribution in [0.4, 0.5) is 5.82 Å². The Morgan fingerprint density at radius 2 is 2.14 bits per heavy atom. The van der Waals surface area contributed by atoms with Crippen LogP contribution in [0, 0.1) is 17.0 Å². The smallest absolute Gasteiger partial charge is 0.378 e. The van der Waals surface area contributed by atoms with Gasteiger partial charge in [-0.25, -0.2) is 9.55 Å². The molecule has 1 aromatic heterocycles. The third-order valence-corrected chi connectivity index (χ3v) is 4.70. The summed E-state index contributed by atoms with van der Waals surface area (Å²) in [6.07, 6.45) is -0.702. The monoisotopic (exact) mass is 342 g/mol. The molecule has 0 aliphatic rings. The summed E-state index contributed by atoms with van der Waals surface area (Å²) in [5.74, 6) is 1.04. The van der Waals surface area contributed by atoms with Crippen molar-refractivity contribution in [2.24, 2.45) is 0 Å². The van der Waals surface area contributed by atoms with Crippen LogP contribution in [-0.4, -0.2) is 32.8 Å². The number of aromatic amines is 1. The first-order valence-electron chi connectivity index (χ1n) is 6.70. The predicted octanol–water partition coefficient (Wildman–Crippen LogP) is 2.26. The summed E-state index contributed by atoms with van der Waals surface area (Å²) in [6, 6.07) is 9.71. The Balaban J connectivity index is 2.32. The van der Waals surface area contributed by atoms with E-state index in [0.29, 0.717) is 23.1 Å². The van der Waals surface area contributed by atoms with Crippen molar-refractivity contribution in [3.05, 3.63) is 51.8 Å². The van der Waals surface area contributed by atoms with Crippen LogP contribution in [-0.2, 0) is 6.54 Å². The number of benzene rings is 1. The molecule has 2 aromatic rings. The van der Waals surface area contributed by atoms with Crippen LogP contribution < -0.4 is 4.57 Å². The van der Waals surface area contributed by atoms with Crippen molar-refractivity contribution in [3.8, 4) is 0 Å². The van der Waals surface area contributed by atoms with Crippen LogP contribution in [0.3, 0.4) is 0 Å². The lowest BCUT2D eigenvalue weighted by molar-refractivity contribution is -0.729. The lowest BCUT2D eigenvalue weighted by Crippen LogP contribution is -2.38. The van der Waals surface area contributed by atoms with Crippen LogP contribution >= 0.6 is 23.4 Å². The number of hydrogen-bond donors (Lipinski definition) is 2. The maximum atomic E-state index is 11.2. The van der Waals surface area contributed by atoms with Gasteiger partial charge in [0.05, 0.1) is 6.10 Å². The van der Waals surface area contributed by atoms with E-state index in [1.807, 2.05) is 34.9 Å². The second-order valence-electron chi connectivity index (χ2n) is 4.81. The third kappa shape index (κ3) is 4.00. The topological polar surface area (TPSA) is 83.0 Å². The Labute approximate surface area is 137 Å². The summed E-state index contributed by atoms with van der Waals surface area (Å²) in [4.78, 5) is 13.6. The van der Waals surface area contributed by atoms with Gasteiger partial charge in [-0.1, -0.05) is 42.1 Å². The van der Waals surface area contributed by atoms with E-state index in [2.05, 4.69) is 4.98 Å². The first kappa shape index (κ1) is 16.8. The Kier molecular flexibility index (Phi) is 5.82. The van der Waals surface area contributed by atoms with Crippen molar-refractivity contribution in [1.82, 2.24) is 4.98 Å². The molecule has 0 radical (unpaired) electrons. The Bertz CT molecular complexity index is 648.